The van der Waals surface area contributed by atoms with Crippen molar-refractivity contribution in [1.29, 1.82) is 0 Å². The molecule has 0 aromatic heterocycles. The fourth-order valence-corrected chi connectivity index (χ4v) is 4.84. The molecule has 1 unspecified atom stereocenters. The Morgan fingerprint density at radius 3 is 1.92 bits per heavy atom. The first kappa shape index (κ1) is 18.3. The van der Waals surface area contributed by atoms with Crippen LogP contribution in [0.25, 0.3) is 0 Å². The number of carbonyl (C=O) groups is 1. The molecule has 0 saturated carbocycles. The summed E-state index contributed by atoms with van der Waals surface area (Å²) in [5, 5.41) is 0. The smallest absolute Gasteiger partial charge is 0.296 e. The van der Waals surface area contributed by atoms with Gasteiger partial charge in [-0.2, -0.15) is 8.42 Å². The van der Waals surface area contributed by atoms with Crippen LogP contribution in [0.2, 0.25) is 0 Å². The molecule has 0 N–H and O–H groups in total. The number of hydrogen-bond acceptors (Lipinski definition) is 6. The zero-order chi connectivity index (χ0) is 18.0. The number of hydrogen-bond donors (Lipinski definition) is 0. The van der Waals surface area contributed by atoms with E-state index in [2.05, 4.69) is 0 Å². The third kappa shape index (κ3) is 3.89. The van der Waals surface area contributed by atoms with Gasteiger partial charge in [0.1, 0.15) is 0 Å². The average molecular weight is 368 g/mol. The monoisotopic (exact) mass is 368 g/mol. The fourth-order valence-electron chi connectivity index (χ4n) is 1.95. The Bertz CT molecular complexity index is 930. The van der Waals surface area contributed by atoms with Gasteiger partial charge in [-0.05, 0) is 38.1 Å². The summed E-state index contributed by atoms with van der Waals surface area (Å²) in [4.78, 5) is 11.3. The number of carbonyl (C=O) groups excluding carboxylic acids is 1. The Hall–Kier alpha value is -2.03. The molecule has 0 radical (unpaired) electrons. The summed E-state index contributed by atoms with van der Waals surface area (Å²) in [6, 6.07) is 12.8. The van der Waals surface area contributed by atoms with Crippen molar-refractivity contribution >= 4 is 25.7 Å². The van der Waals surface area contributed by atoms with Gasteiger partial charge >= 0.3 is 0 Å². The summed E-state index contributed by atoms with van der Waals surface area (Å²) < 4.78 is 54.4. The molecule has 0 spiro atoms. The summed E-state index contributed by atoms with van der Waals surface area (Å²) >= 11 is 0. The van der Waals surface area contributed by atoms with Gasteiger partial charge in [-0.3, -0.25) is 4.79 Å². The lowest BCUT2D eigenvalue weighted by Gasteiger charge is -2.15. The van der Waals surface area contributed by atoms with E-state index in [0.717, 1.165) is 12.5 Å². The van der Waals surface area contributed by atoms with Gasteiger partial charge in [0.15, 0.2) is 5.78 Å². The minimum Gasteiger partial charge on any atom is -0.296 e. The van der Waals surface area contributed by atoms with E-state index in [9.17, 15) is 21.6 Å². The summed E-state index contributed by atoms with van der Waals surface area (Å²) in [5.41, 5.74) is -1.31. The molecular weight excluding hydrogens is 352 g/mol. The van der Waals surface area contributed by atoms with Crippen LogP contribution in [0.1, 0.15) is 12.5 Å². The van der Waals surface area contributed by atoms with Crippen LogP contribution in [0, 0.1) is 6.92 Å². The first-order chi connectivity index (χ1) is 11.1. The first-order valence-electron chi connectivity index (χ1n) is 6.94. The van der Waals surface area contributed by atoms with Crippen LogP contribution in [-0.4, -0.2) is 28.1 Å². The highest BCUT2D eigenvalue weighted by molar-refractivity contribution is 7.94. The topological polar surface area (TPSA) is 94.6 Å². The van der Waals surface area contributed by atoms with Gasteiger partial charge in [-0.25, -0.2) is 12.6 Å². The van der Waals surface area contributed by atoms with Crippen molar-refractivity contribution in [2.75, 3.05) is 0 Å². The molecule has 0 saturated heterocycles. The third-order valence-corrected chi connectivity index (χ3v) is 6.55. The van der Waals surface area contributed by atoms with Gasteiger partial charge in [-0.1, -0.05) is 35.9 Å². The Labute approximate surface area is 141 Å². The van der Waals surface area contributed by atoms with Crippen molar-refractivity contribution < 1.29 is 25.8 Å². The zero-order valence-electron chi connectivity index (χ0n) is 13.0. The highest BCUT2D eigenvalue weighted by atomic mass is 32.2. The molecule has 8 heteroatoms. The number of sulfone groups is 1. The van der Waals surface area contributed by atoms with E-state index in [4.69, 9.17) is 4.18 Å². The molecule has 6 nitrogen and oxygen atoms in total. The van der Waals surface area contributed by atoms with E-state index < -0.39 is 31.2 Å². The summed E-state index contributed by atoms with van der Waals surface area (Å²) in [7, 11) is -8.71. The lowest BCUT2D eigenvalue weighted by Crippen LogP contribution is -2.33. The van der Waals surface area contributed by atoms with Gasteiger partial charge in [0.25, 0.3) is 10.1 Å². The number of Topliss-reactive ketones (excluding diaryl/α,β-unsaturated/α-hetero) is 1. The van der Waals surface area contributed by atoms with Crippen molar-refractivity contribution in [2.24, 2.45) is 0 Å². The van der Waals surface area contributed by atoms with Crippen molar-refractivity contribution in [3.05, 3.63) is 60.2 Å². The molecule has 0 heterocycles. The highest BCUT2D eigenvalue weighted by Crippen LogP contribution is 2.22. The molecule has 0 aliphatic rings. The molecule has 0 bridgehead atoms. The maximum Gasteiger partial charge on any atom is 0.298 e. The van der Waals surface area contributed by atoms with Crippen molar-refractivity contribution in [3.63, 3.8) is 0 Å². The molecule has 24 heavy (non-hydrogen) atoms. The van der Waals surface area contributed by atoms with Gasteiger partial charge in [0, 0.05) is 0 Å². The second kappa shape index (κ2) is 6.84. The van der Waals surface area contributed by atoms with E-state index >= 15 is 0 Å². The molecule has 0 aliphatic carbocycles. The van der Waals surface area contributed by atoms with Crippen LogP contribution in [0.15, 0.2) is 64.4 Å². The maximum absolute atomic E-state index is 12.5. The minimum absolute atomic E-state index is 0.190. The van der Waals surface area contributed by atoms with Gasteiger partial charge in [-0.15, -0.1) is 0 Å². The Morgan fingerprint density at radius 2 is 1.42 bits per heavy atom. The molecule has 2 rings (SSSR count). The van der Waals surface area contributed by atoms with E-state index in [1.54, 1.807) is 25.1 Å². The van der Waals surface area contributed by atoms with Crippen molar-refractivity contribution in [2.45, 2.75) is 29.1 Å². The maximum atomic E-state index is 12.5. The van der Waals surface area contributed by atoms with Crippen LogP contribution < -0.4 is 0 Å². The predicted octanol–water partition coefficient (Wildman–Crippen LogP) is 2.09. The molecule has 0 aliphatic heterocycles. The highest BCUT2D eigenvalue weighted by Gasteiger charge is 2.37. The number of aryl methyl sites for hydroxylation is 1. The molecule has 1 atom stereocenters. The Morgan fingerprint density at radius 1 is 0.875 bits per heavy atom. The molecule has 0 fully saturated rings. The minimum atomic E-state index is -4.41. The van der Waals surface area contributed by atoms with E-state index in [-0.39, 0.29) is 9.79 Å². The quantitative estimate of drug-likeness (QED) is 0.725. The molecule has 2 aromatic carbocycles. The van der Waals surface area contributed by atoms with E-state index in [1.165, 1.54) is 36.4 Å². The summed E-state index contributed by atoms with van der Waals surface area (Å²) in [5.74, 6) is -0.922. The van der Waals surface area contributed by atoms with E-state index in [0.29, 0.717) is 0 Å². The number of benzene rings is 2. The van der Waals surface area contributed by atoms with Crippen LogP contribution in [0.5, 0.6) is 0 Å². The summed E-state index contributed by atoms with van der Waals surface area (Å²) in [6.07, 6.45) is 0. The van der Waals surface area contributed by atoms with Crippen molar-refractivity contribution in [3.8, 4) is 0 Å². The fraction of sp³-hybridized carbons (Fsp3) is 0.188. The van der Waals surface area contributed by atoms with Crippen LogP contribution >= 0.6 is 0 Å². The number of ketones is 1. The van der Waals surface area contributed by atoms with Crippen LogP contribution in [0.4, 0.5) is 0 Å². The lowest BCUT2D eigenvalue weighted by atomic mass is 10.2. The zero-order valence-corrected chi connectivity index (χ0v) is 14.7. The molecule has 0 amide bonds. The average Bonchev–Trinajstić information content (AvgIpc) is 2.53. The van der Waals surface area contributed by atoms with Gasteiger partial charge in [0.2, 0.25) is 15.3 Å². The number of rotatable bonds is 6. The van der Waals surface area contributed by atoms with Crippen LogP contribution in [0.3, 0.4) is 0 Å². The predicted molar refractivity (Wildman–Crippen MR) is 87.5 cm³/mol. The van der Waals surface area contributed by atoms with Crippen LogP contribution in [-0.2, 0) is 28.9 Å². The molecule has 2 aromatic rings. The normalized spacial score (nSPS) is 13.4. The third-order valence-electron chi connectivity index (χ3n) is 3.21. The molecular formula is C16H16O6S2. The van der Waals surface area contributed by atoms with Gasteiger partial charge < -0.3 is 0 Å². The standard InChI is InChI=1S/C16H16O6S2/c1-12-8-10-15(11-9-12)24(20,21)22-16(13(2)17)23(18,19)14-6-4-3-5-7-14/h3-11,16H,1-2H3. The lowest BCUT2D eigenvalue weighted by molar-refractivity contribution is -0.120. The SMILES string of the molecule is CC(=O)C(OS(=O)(=O)c1ccc(C)cc1)S(=O)(=O)c1ccccc1. The van der Waals surface area contributed by atoms with Crippen molar-refractivity contribution in [1.82, 2.24) is 0 Å². The largest absolute Gasteiger partial charge is 0.298 e. The van der Waals surface area contributed by atoms with Gasteiger partial charge in [0.05, 0.1) is 9.79 Å². The van der Waals surface area contributed by atoms with E-state index in [1.807, 2.05) is 0 Å². The Balaban J connectivity index is 2.43. The second-order valence-electron chi connectivity index (χ2n) is 5.16. The second-order valence-corrected chi connectivity index (χ2v) is 8.73. The Kier molecular flexibility index (Phi) is 5.22. The first-order valence-corrected chi connectivity index (χ1v) is 9.89. The summed E-state index contributed by atoms with van der Waals surface area (Å²) in [6.45, 7) is 2.74. The molecule has 128 valence electrons.